The first kappa shape index (κ1) is 19.2. The van der Waals surface area contributed by atoms with E-state index in [1.807, 2.05) is 0 Å². The van der Waals surface area contributed by atoms with Crippen LogP contribution in [0.4, 0.5) is 13.2 Å². The molecule has 2 aromatic rings. The highest BCUT2D eigenvalue weighted by Gasteiger charge is 2.45. The lowest BCUT2D eigenvalue weighted by Gasteiger charge is -2.47. The van der Waals surface area contributed by atoms with Crippen LogP contribution in [0.1, 0.15) is 48.7 Å². The van der Waals surface area contributed by atoms with E-state index >= 15 is 0 Å². The number of hydrogen-bond donors (Lipinski definition) is 1. The summed E-state index contributed by atoms with van der Waals surface area (Å²) in [4.78, 5) is 16.7. The van der Waals surface area contributed by atoms with E-state index in [1.165, 1.54) is 10.7 Å². The third-order valence-corrected chi connectivity index (χ3v) is 5.89. The van der Waals surface area contributed by atoms with Crippen LogP contribution in [0.15, 0.2) is 29.1 Å². The summed E-state index contributed by atoms with van der Waals surface area (Å²) in [7, 11) is 1.58. The number of alkyl halides is 3. The fraction of sp³-hybridized carbons (Fsp3) is 0.579. The van der Waals surface area contributed by atoms with Gasteiger partial charge in [0, 0.05) is 19.1 Å². The van der Waals surface area contributed by atoms with Crippen molar-refractivity contribution >= 4 is 0 Å². The molecule has 1 spiro atoms. The minimum absolute atomic E-state index is 0.146. The van der Waals surface area contributed by atoms with E-state index in [1.54, 1.807) is 13.1 Å². The Hall–Kier alpha value is -2.13. The molecule has 4 rings (SSSR count). The molecular weight excluding hydrogens is 373 g/mol. The Balaban J connectivity index is 1.60. The van der Waals surface area contributed by atoms with E-state index in [-0.39, 0.29) is 11.2 Å². The minimum Gasteiger partial charge on any atom is -0.370 e. The van der Waals surface area contributed by atoms with Gasteiger partial charge >= 0.3 is 11.9 Å². The van der Waals surface area contributed by atoms with Crippen molar-refractivity contribution in [1.82, 2.24) is 19.7 Å². The van der Waals surface area contributed by atoms with Gasteiger partial charge < -0.3 is 4.74 Å². The van der Waals surface area contributed by atoms with Crippen molar-refractivity contribution in [2.24, 2.45) is 7.05 Å². The molecule has 9 heteroatoms. The quantitative estimate of drug-likeness (QED) is 0.866. The molecule has 0 amide bonds. The molecule has 0 radical (unpaired) electrons. The molecule has 1 N–H and O–H groups in total. The van der Waals surface area contributed by atoms with Crippen molar-refractivity contribution in [3.63, 3.8) is 0 Å². The van der Waals surface area contributed by atoms with E-state index in [0.717, 1.165) is 37.8 Å². The molecule has 1 aliphatic heterocycles. The number of nitrogens with one attached hydrogen (secondary N) is 1. The molecule has 1 saturated carbocycles. The summed E-state index contributed by atoms with van der Waals surface area (Å²) in [6.07, 6.45) is -0.716. The van der Waals surface area contributed by atoms with Gasteiger partial charge in [-0.15, -0.1) is 0 Å². The molecule has 1 saturated heterocycles. The molecule has 28 heavy (non-hydrogen) atoms. The van der Waals surface area contributed by atoms with Crippen LogP contribution in [0.3, 0.4) is 0 Å². The first-order valence-corrected chi connectivity index (χ1v) is 9.43. The first-order valence-electron chi connectivity index (χ1n) is 9.43. The molecular formula is C19H23F3N4O2. The number of H-pyrrole nitrogens is 1. The topological polar surface area (TPSA) is 63.1 Å². The molecule has 6 nitrogen and oxygen atoms in total. The zero-order valence-electron chi connectivity index (χ0n) is 15.6. The number of benzene rings is 1. The van der Waals surface area contributed by atoms with Gasteiger partial charge in [0.25, 0.3) is 0 Å². The SMILES string of the molecule is Cn1nc(CN2CC(c3cccc(C(F)(F)F)c3)OCC23CCCC3)[nH]c1=O. The monoisotopic (exact) mass is 396 g/mol. The van der Waals surface area contributed by atoms with Crippen molar-refractivity contribution in [3.8, 4) is 0 Å². The van der Waals surface area contributed by atoms with Gasteiger partial charge in [0.2, 0.25) is 0 Å². The number of aromatic nitrogens is 3. The van der Waals surface area contributed by atoms with E-state index in [9.17, 15) is 18.0 Å². The third kappa shape index (κ3) is 3.60. The van der Waals surface area contributed by atoms with E-state index in [0.29, 0.717) is 31.1 Å². The fourth-order valence-electron chi connectivity index (χ4n) is 4.34. The molecule has 1 aromatic carbocycles. The van der Waals surface area contributed by atoms with Crippen molar-refractivity contribution in [2.75, 3.05) is 13.2 Å². The van der Waals surface area contributed by atoms with Crippen LogP contribution in [0, 0.1) is 0 Å². The maximum atomic E-state index is 13.1. The Morgan fingerprint density at radius 3 is 2.71 bits per heavy atom. The van der Waals surface area contributed by atoms with Crippen LogP contribution in [-0.2, 0) is 24.5 Å². The van der Waals surface area contributed by atoms with E-state index in [4.69, 9.17) is 4.74 Å². The van der Waals surface area contributed by atoms with Crippen molar-refractivity contribution < 1.29 is 17.9 Å². The average molecular weight is 396 g/mol. The molecule has 1 aliphatic carbocycles. The highest BCUT2D eigenvalue weighted by Crippen LogP contribution is 2.42. The van der Waals surface area contributed by atoms with Gasteiger partial charge in [-0.05, 0) is 30.5 Å². The molecule has 152 valence electrons. The second kappa shape index (κ2) is 7.04. The van der Waals surface area contributed by atoms with Gasteiger partial charge in [-0.2, -0.15) is 18.3 Å². The number of aromatic amines is 1. The second-order valence-electron chi connectivity index (χ2n) is 7.74. The predicted molar refractivity (Wildman–Crippen MR) is 95.6 cm³/mol. The number of hydrogen-bond acceptors (Lipinski definition) is 4. The molecule has 1 aromatic heterocycles. The number of ether oxygens (including phenoxy) is 1. The lowest BCUT2D eigenvalue weighted by Crippen LogP contribution is -2.55. The smallest absolute Gasteiger partial charge is 0.370 e. The maximum absolute atomic E-state index is 13.1. The molecule has 2 heterocycles. The molecule has 2 fully saturated rings. The molecule has 0 bridgehead atoms. The molecule has 1 atom stereocenters. The van der Waals surface area contributed by atoms with Crippen LogP contribution >= 0.6 is 0 Å². The number of nitrogens with zero attached hydrogens (tertiary/aromatic N) is 3. The van der Waals surface area contributed by atoms with Crippen LogP contribution < -0.4 is 5.69 Å². The van der Waals surface area contributed by atoms with Gasteiger partial charge in [0.1, 0.15) is 5.82 Å². The Morgan fingerprint density at radius 2 is 2.07 bits per heavy atom. The lowest BCUT2D eigenvalue weighted by molar-refractivity contribution is -0.138. The summed E-state index contributed by atoms with van der Waals surface area (Å²) < 4.78 is 46.6. The average Bonchev–Trinajstić information content (AvgIpc) is 3.24. The molecule has 2 aliphatic rings. The fourth-order valence-corrected chi connectivity index (χ4v) is 4.34. The minimum atomic E-state index is -4.38. The summed E-state index contributed by atoms with van der Waals surface area (Å²) in [5.74, 6) is 0.559. The van der Waals surface area contributed by atoms with Gasteiger partial charge in [0.05, 0.1) is 24.8 Å². The van der Waals surface area contributed by atoms with Crippen LogP contribution in [0.2, 0.25) is 0 Å². The zero-order chi connectivity index (χ0) is 19.9. The number of halogens is 3. The van der Waals surface area contributed by atoms with E-state index in [2.05, 4.69) is 15.0 Å². The number of morpholine rings is 1. The van der Waals surface area contributed by atoms with Crippen molar-refractivity contribution in [1.29, 1.82) is 0 Å². The Labute approximate surface area is 160 Å². The summed E-state index contributed by atoms with van der Waals surface area (Å²) in [5, 5.41) is 4.22. The van der Waals surface area contributed by atoms with Crippen molar-refractivity contribution in [3.05, 3.63) is 51.7 Å². The van der Waals surface area contributed by atoms with Gasteiger partial charge in [-0.25, -0.2) is 9.48 Å². The highest BCUT2D eigenvalue weighted by molar-refractivity contribution is 5.28. The first-order chi connectivity index (χ1) is 13.3. The van der Waals surface area contributed by atoms with Crippen LogP contribution in [0.25, 0.3) is 0 Å². The lowest BCUT2D eigenvalue weighted by atomic mass is 9.92. The third-order valence-electron chi connectivity index (χ3n) is 5.89. The predicted octanol–water partition coefficient (Wildman–Crippen LogP) is 3.01. The molecule has 1 unspecified atom stereocenters. The highest BCUT2D eigenvalue weighted by atomic mass is 19.4. The number of rotatable bonds is 3. The Bertz CT molecular complexity index is 899. The Kier molecular flexibility index (Phi) is 4.83. The summed E-state index contributed by atoms with van der Waals surface area (Å²) in [5.41, 5.74) is -0.581. The standard InChI is InChI=1S/C19H23F3N4O2/c1-25-17(27)23-16(24-25)11-26-10-15(28-12-18(26)7-2-3-8-18)13-5-4-6-14(9-13)19(20,21)22/h4-6,9,15H,2-3,7-8,10-12H2,1H3,(H,23,24,27). The van der Waals surface area contributed by atoms with Crippen molar-refractivity contribution in [2.45, 2.75) is 50.0 Å². The van der Waals surface area contributed by atoms with Gasteiger partial charge in [-0.3, -0.25) is 9.88 Å². The van der Waals surface area contributed by atoms with Gasteiger partial charge in [0.15, 0.2) is 0 Å². The largest absolute Gasteiger partial charge is 0.416 e. The summed E-state index contributed by atoms with van der Waals surface area (Å²) in [6, 6.07) is 5.33. The van der Waals surface area contributed by atoms with Crippen LogP contribution in [0.5, 0.6) is 0 Å². The zero-order valence-corrected chi connectivity index (χ0v) is 15.6. The normalized spacial score (nSPS) is 22.8. The second-order valence-corrected chi connectivity index (χ2v) is 7.74. The van der Waals surface area contributed by atoms with E-state index < -0.39 is 17.8 Å². The van der Waals surface area contributed by atoms with Crippen LogP contribution in [-0.4, -0.2) is 38.4 Å². The summed E-state index contributed by atoms with van der Waals surface area (Å²) in [6.45, 7) is 1.36. The number of aryl methyl sites for hydroxylation is 1. The summed E-state index contributed by atoms with van der Waals surface area (Å²) >= 11 is 0. The Morgan fingerprint density at radius 1 is 1.32 bits per heavy atom. The van der Waals surface area contributed by atoms with Gasteiger partial charge in [-0.1, -0.05) is 25.0 Å². The maximum Gasteiger partial charge on any atom is 0.416 e.